The highest BCUT2D eigenvalue weighted by Gasteiger charge is 2.53. The van der Waals surface area contributed by atoms with Gasteiger partial charge < -0.3 is 19.5 Å². The van der Waals surface area contributed by atoms with Gasteiger partial charge in [-0.15, -0.1) is 22.7 Å². The van der Waals surface area contributed by atoms with Gasteiger partial charge in [-0.1, -0.05) is 24.3 Å². The van der Waals surface area contributed by atoms with Gasteiger partial charge in [-0.05, 0) is 98.6 Å². The van der Waals surface area contributed by atoms with Crippen molar-refractivity contribution in [1.82, 2.24) is 4.90 Å². The Morgan fingerprint density at radius 1 is 1.06 bits per heavy atom. The number of fused-ring (bicyclic) bond motifs is 2. The van der Waals surface area contributed by atoms with Crippen LogP contribution in [0.15, 0.2) is 59.3 Å². The van der Waals surface area contributed by atoms with Gasteiger partial charge in [-0.25, -0.2) is 4.79 Å². The molecule has 0 saturated heterocycles. The van der Waals surface area contributed by atoms with Crippen LogP contribution in [-0.4, -0.2) is 48.8 Å². The maximum absolute atomic E-state index is 13.5. The van der Waals surface area contributed by atoms with E-state index in [0.29, 0.717) is 27.6 Å². The second kappa shape index (κ2) is 11.1. The fraction of sp³-hybridized carbons (Fsp3) is 0.483. The van der Waals surface area contributed by atoms with Crippen LogP contribution in [0.3, 0.4) is 0 Å². The van der Waals surface area contributed by atoms with Crippen LogP contribution in [0.4, 0.5) is 0 Å². The number of aryl methyl sites for hydroxylation is 1. The van der Waals surface area contributed by atoms with Gasteiger partial charge in [0.05, 0.1) is 16.9 Å². The van der Waals surface area contributed by atoms with Crippen LogP contribution < -0.4 is 4.74 Å². The number of unbranched alkanes of at least 4 members (excludes halogenated alkanes) is 1. The lowest BCUT2D eigenvalue weighted by atomic mass is 9.96. The minimum atomic E-state index is -1.73. The first kappa shape index (κ1) is 25.5. The number of hydrogen-bond acceptors (Lipinski definition) is 7. The molecular weight excluding hydrogens is 490 g/mol. The van der Waals surface area contributed by atoms with E-state index in [0.717, 1.165) is 44.4 Å². The van der Waals surface area contributed by atoms with Gasteiger partial charge in [0.1, 0.15) is 11.9 Å². The van der Waals surface area contributed by atoms with Crippen molar-refractivity contribution in [3.8, 4) is 5.75 Å². The number of carbonyl (C=O) groups excluding carboxylic acids is 1. The Kier molecular flexibility index (Phi) is 7.82. The Hall–Kier alpha value is -2.19. The van der Waals surface area contributed by atoms with Crippen molar-refractivity contribution in [1.29, 1.82) is 0 Å². The van der Waals surface area contributed by atoms with E-state index < -0.39 is 11.6 Å². The van der Waals surface area contributed by atoms with Crippen LogP contribution in [0.25, 0.3) is 0 Å². The third kappa shape index (κ3) is 4.99. The largest absolute Gasteiger partial charge is 0.497 e. The molecule has 192 valence electrons. The predicted octanol–water partition coefficient (Wildman–Crippen LogP) is 5.72. The summed E-state index contributed by atoms with van der Waals surface area (Å²) >= 11 is 2.78. The van der Waals surface area contributed by atoms with Crippen molar-refractivity contribution in [3.05, 3.63) is 74.6 Å². The zero-order chi connectivity index (χ0) is 25.1. The number of nitrogens with zero attached hydrogens (tertiary/aromatic N) is 1. The van der Waals surface area contributed by atoms with Crippen molar-refractivity contribution in [3.63, 3.8) is 0 Å². The molecule has 0 amide bonds. The summed E-state index contributed by atoms with van der Waals surface area (Å²) in [6, 6.07) is 16.1. The summed E-state index contributed by atoms with van der Waals surface area (Å²) in [4.78, 5) is 17.2. The number of hydrogen-bond donors (Lipinski definition) is 1. The Morgan fingerprint density at radius 2 is 1.75 bits per heavy atom. The molecule has 5 rings (SSSR count). The molecule has 0 spiro atoms. The van der Waals surface area contributed by atoms with E-state index in [-0.39, 0.29) is 6.10 Å². The number of methoxy groups -OCH3 is 1. The number of esters is 1. The number of rotatable bonds is 11. The van der Waals surface area contributed by atoms with Gasteiger partial charge in [0.15, 0.2) is 0 Å². The minimum absolute atomic E-state index is 0.130. The number of thiophene rings is 2. The molecule has 7 heteroatoms. The number of carbonyl (C=O) groups is 1. The van der Waals surface area contributed by atoms with Crippen molar-refractivity contribution in [2.75, 3.05) is 20.7 Å². The molecule has 5 nitrogen and oxygen atoms in total. The van der Waals surface area contributed by atoms with Crippen molar-refractivity contribution >= 4 is 28.6 Å². The lowest BCUT2D eigenvalue weighted by molar-refractivity contribution is -0.170. The fourth-order valence-corrected chi connectivity index (χ4v) is 7.92. The Morgan fingerprint density at radius 3 is 2.36 bits per heavy atom. The molecule has 4 unspecified atom stereocenters. The molecule has 2 aliphatic rings. The summed E-state index contributed by atoms with van der Waals surface area (Å²) in [5, 5.41) is 15.4. The maximum Gasteiger partial charge on any atom is 0.349 e. The van der Waals surface area contributed by atoms with E-state index in [1.54, 1.807) is 7.11 Å². The Bertz CT molecular complexity index is 1080. The average molecular weight is 526 g/mol. The van der Waals surface area contributed by atoms with Gasteiger partial charge in [0, 0.05) is 12.0 Å². The van der Waals surface area contributed by atoms with Gasteiger partial charge in [-0.2, -0.15) is 0 Å². The molecule has 1 aromatic carbocycles. The summed E-state index contributed by atoms with van der Waals surface area (Å²) in [6.07, 6.45) is 6.39. The highest BCUT2D eigenvalue weighted by atomic mass is 32.1. The molecule has 0 radical (unpaired) electrons. The second-order valence-corrected chi connectivity index (χ2v) is 12.0. The summed E-state index contributed by atoms with van der Waals surface area (Å²) in [5.74, 6) is 1.25. The smallest absolute Gasteiger partial charge is 0.349 e. The number of aliphatic hydroxyl groups is 1. The molecule has 2 aromatic heterocycles. The number of benzene rings is 1. The van der Waals surface area contributed by atoms with Crippen LogP contribution in [0, 0.1) is 11.8 Å². The van der Waals surface area contributed by atoms with Crippen LogP contribution in [0.1, 0.15) is 47.4 Å². The van der Waals surface area contributed by atoms with Gasteiger partial charge >= 0.3 is 5.97 Å². The van der Waals surface area contributed by atoms with Crippen LogP contribution in [-0.2, 0) is 21.6 Å². The molecule has 0 aliphatic heterocycles. The SMILES string of the molecule is COc1ccc(CCCCN(C)C2C3CCC2C(OC(=O)C(O)(c2cccs2)c2cccs2)C3)cc1. The standard InChI is InChI=1S/C29H35NO4S2/c1-30(16-4-3-7-20-10-13-22(33-2)14-11-20)27-21-12-15-23(27)24(19-21)34-28(31)29(32,25-8-5-17-35-25)26-9-6-18-36-26/h5-6,8-11,13-14,17-18,21,23-24,27,32H,3-4,7,12,15-16,19H2,1-2H3. The van der Waals surface area contributed by atoms with Crippen LogP contribution in [0.2, 0.25) is 0 Å². The molecule has 1 N–H and O–H groups in total. The summed E-state index contributed by atoms with van der Waals surface area (Å²) in [7, 11) is 3.92. The highest BCUT2D eigenvalue weighted by molar-refractivity contribution is 7.12. The molecule has 2 fully saturated rings. The third-order valence-corrected chi connectivity index (χ3v) is 9.97. The normalized spacial score (nSPS) is 23.3. The van der Waals surface area contributed by atoms with E-state index in [2.05, 4.69) is 24.1 Å². The first-order chi connectivity index (χ1) is 17.5. The maximum atomic E-state index is 13.5. The highest BCUT2D eigenvalue weighted by Crippen LogP contribution is 2.49. The van der Waals surface area contributed by atoms with Crippen molar-refractivity contribution in [2.45, 2.75) is 56.3 Å². The monoisotopic (exact) mass is 525 g/mol. The van der Waals surface area contributed by atoms with E-state index in [1.807, 2.05) is 47.2 Å². The average Bonchev–Trinajstić information content (AvgIpc) is 3.71. The molecule has 2 bridgehead atoms. The van der Waals surface area contributed by atoms with Crippen molar-refractivity contribution < 1.29 is 19.4 Å². The summed E-state index contributed by atoms with van der Waals surface area (Å²) < 4.78 is 11.4. The Labute approximate surface area is 221 Å². The van der Waals surface area contributed by atoms with E-state index >= 15 is 0 Å². The summed E-state index contributed by atoms with van der Waals surface area (Å²) in [6.45, 7) is 1.04. The second-order valence-electron chi connectivity index (χ2n) is 10.1. The topological polar surface area (TPSA) is 59.0 Å². The molecule has 2 saturated carbocycles. The fourth-order valence-electron chi connectivity index (χ4n) is 6.20. The molecule has 3 aromatic rings. The first-order valence-corrected chi connectivity index (χ1v) is 14.6. The van der Waals surface area contributed by atoms with Crippen LogP contribution >= 0.6 is 22.7 Å². The van der Waals surface area contributed by atoms with E-state index in [4.69, 9.17) is 9.47 Å². The van der Waals surface area contributed by atoms with E-state index in [1.165, 1.54) is 34.7 Å². The Balaban J connectivity index is 1.17. The van der Waals surface area contributed by atoms with Crippen LogP contribution in [0.5, 0.6) is 5.75 Å². The lowest BCUT2D eigenvalue weighted by Gasteiger charge is -2.31. The third-order valence-electron chi connectivity index (χ3n) is 8.01. The number of ether oxygens (including phenoxy) is 2. The molecule has 2 aliphatic carbocycles. The van der Waals surface area contributed by atoms with Crippen molar-refractivity contribution in [2.24, 2.45) is 11.8 Å². The predicted molar refractivity (Wildman–Crippen MR) is 145 cm³/mol. The first-order valence-electron chi connectivity index (χ1n) is 12.8. The molecule has 36 heavy (non-hydrogen) atoms. The van der Waals surface area contributed by atoms with Gasteiger partial charge in [0.25, 0.3) is 0 Å². The molecular formula is C29H35NO4S2. The summed E-state index contributed by atoms with van der Waals surface area (Å²) in [5.41, 5.74) is -0.386. The zero-order valence-electron chi connectivity index (χ0n) is 21.0. The van der Waals surface area contributed by atoms with Gasteiger partial charge in [0.2, 0.25) is 5.60 Å². The minimum Gasteiger partial charge on any atom is -0.497 e. The molecule has 4 atom stereocenters. The zero-order valence-corrected chi connectivity index (χ0v) is 22.6. The lowest BCUT2D eigenvalue weighted by Crippen LogP contribution is -2.42. The molecule has 2 heterocycles. The quantitative estimate of drug-likeness (QED) is 0.256. The van der Waals surface area contributed by atoms with Gasteiger partial charge in [-0.3, -0.25) is 0 Å². The van der Waals surface area contributed by atoms with E-state index in [9.17, 15) is 9.90 Å².